The number of hydrogen-bond donors (Lipinski definition) is 3. The van der Waals surface area contributed by atoms with E-state index < -0.39 is 70.1 Å². The largest absolute Gasteiger partial charge is 0.501 e. The lowest BCUT2D eigenvalue weighted by atomic mass is 9.52. The predicted octanol–water partition coefficient (Wildman–Crippen LogP) is -0.582. The number of aliphatic hydroxyl groups is 1. The maximum absolute atomic E-state index is 13.7. The Morgan fingerprint density at radius 3 is 2.31 bits per heavy atom. The number of aromatic hydroxyl groups is 1. The Balaban J connectivity index is 1.92. The highest BCUT2D eigenvalue weighted by Crippen LogP contribution is 2.53. The number of primary amides is 1. The van der Waals surface area contributed by atoms with Crippen LogP contribution in [0, 0.1) is 29.1 Å². The fourth-order valence-corrected chi connectivity index (χ4v) is 6.11. The minimum Gasteiger partial charge on any atom is -0.501 e. The van der Waals surface area contributed by atoms with Crippen molar-refractivity contribution in [3.8, 4) is 5.75 Å². The first-order valence-electron chi connectivity index (χ1n) is 11.0. The zero-order chi connectivity index (χ0) is 26.1. The molecule has 3 aliphatic rings. The minimum absolute atomic E-state index is 0.0380. The first-order valence-corrected chi connectivity index (χ1v) is 11.0. The number of amides is 1. The summed E-state index contributed by atoms with van der Waals surface area (Å²) >= 11 is 0. The highest BCUT2D eigenvalue weighted by Gasteiger charge is 2.69. The summed E-state index contributed by atoms with van der Waals surface area (Å²) in [5.74, 6) is -11.4. The Hall–Kier alpha value is -3.69. The number of nitrogens with two attached hydrogens (primary N) is 1. The highest BCUT2D eigenvalue weighted by atomic mass is 16.3. The van der Waals surface area contributed by atoms with Crippen molar-refractivity contribution in [1.29, 1.82) is 5.39 Å². The van der Waals surface area contributed by atoms with Gasteiger partial charge in [0.2, 0.25) is 17.0 Å². The van der Waals surface area contributed by atoms with Crippen LogP contribution in [0.5, 0.6) is 5.75 Å². The average Bonchev–Trinajstić information content (AvgIpc) is 2.75. The highest BCUT2D eigenvalue weighted by molar-refractivity contribution is 6.32. The molecule has 0 spiro atoms. The third kappa shape index (κ3) is 3.11. The van der Waals surface area contributed by atoms with Crippen molar-refractivity contribution in [2.24, 2.45) is 29.4 Å². The lowest BCUT2D eigenvalue weighted by molar-refractivity contribution is -0.181. The summed E-state index contributed by atoms with van der Waals surface area (Å²) in [5, 5.41) is 31.5. The molecule has 1 aromatic carbocycles. The van der Waals surface area contributed by atoms with E-state index in [1.165, 1.54) is 25.1 Å². The molecule has 4 rings (SSSR count). The van der Waals surface area contributed by atoms with Crippen LogP contribution in [0.1, 0.15) is 22.3 Å². The Morgan fingerprint density at radius 1 is 1.17 bits per heavy atom. The van der Waals surface area contributed by atoms with Gasteiger partial charge in [0.25, 0.3) is 0 Å². The summed E-state index contributed by atoms with van der Waals surface area (Å²) in [6, 6.07) is 0.241. The molecule has 6 atom stereocenters. The summed E-state index contributed by atoms with van der Waals surface area (Å²) in [6.07, 6.45) is 0.0856. The standard InChI is InChI=1S/C23H25N5O7/c1-27(2)12-7-11(26-25)17(29)14-9(12)5-8-6-10-16(28(3)4)19(31)15(22(24)34)21(33)23(10,35)20(32)13(8)18(14)30/h7-8,10,13,15-16,35H,5-6H2,1-4H3,(H2-,24,29,30,34)/p+1. The number of anilines is 1. The first kappa shape index (κ1) is 24.4. The van der Waals surface area contributed by atoms with E-state index in [0.29, 0.717) is 11.3 Å². The van der Waals surface area contributed by atoms with Crippen molar-refractivity contribution < 1.29 is 34.2 Å². The number of nitrogens with zero attached hydrogens (tertiary/aromatic N) is 4. The molecule has 1 amide bonds. The van der Waals surface area contributed by atoms with Gasteiger partial charge in [0.05, 0.1) is 23.6 Å². The van der Waals surface area contributed by atoms with Crippen LogP contribution in [-0.2, 0) is 25.6 Å². The van der Waals surface area contributed by atoms with Gasteiger partial charge in [-0.25, -0.2) is 0 Å². The maximum atomic E-state index is 13.7. The number of phenols is 1. The smallest absolute Gasteiger partial charge is 0.428 e. The molecule has 0 heterocycles. The number of rotatable bonds is 3. The van der Waals surface area contributed by atoms with E-state index in [4.69, 9.17) is 5.73 Å². The van der Waals surface area contributed by atoms with Crippen LogP contribution >= 0.6 is 0 Å². The summed E-state index contributed by atoms with van der Waals surface area (Å²) in [5.41, 5.74) is 2.92. The number of hydrogen-bond acceptors (Lipinski definition) is 10. The molecule has 2 saturated carbocycles. The molecule has 0 radical (unpaired) electrons. The number of carbonyl (C=O) groups excluding carboxylic acids is 5. The molecular formula is C23H26N5O7+. The van der Waals surface area contributed by atoms with Gasteiger partial charge >= 0.3 is 5.69 Å². The van der Waals surface area contributed by atoms with Gasteiger partial charge in [0, 0.05) is 25.7 Å². The van der Waals surface area contributed by atoms with E-state index in [2.05, 4.69) is 4.98 Å². The molecule has 0 aromatic heterocycles. The Kier molecular flexibility index (Phi) is 5.53. The number of Topliss-reactive ketones (excluding diaryl/α,β-unsaturated/α-hetero) is 4. The van der Waals surface area contributed by atoms with E-state index in [1.807, 2.05) is 0 Å². The van der Waals surface area contributed by atoms with Gasteiger partial charge in [0.15, 0.2) is 39.6 Å². The van der Waals surface area contributed by atoms with Crippen molar-refractivity contribution in [1.82, 2.24) is 4.90 Å². The van der Waals surface area contributed by atoms with Crippen molar-refractivity contribution in [3.05, 3.63) is 22.2 Å². The SMILES string of the molecule is CN(C)c1cc([N+]#N)c(O)c2c1CC1CC3C(N(C)C)C(=O)C(C(N)=O)C(=O)C3(O)C(=O)C1C2=O. The minimum atomic E-state index is -2.78. The zero-order valence-corrected chi connectivity index (χ0v) is 19.7. The summed E-state index contributed by atoms with van der Waals surface area (Å²) in [6.45, 7) is 0. The fraction of sp³-hybridized carbons (Fsp3) is 0.522. The normalized spacial score (nSPS) is 32.0. The second kappa shape index (κ2) is 7.93. The Labute approximate surface area is 200 Å². The van der Waals surface area contributed by atoms with Gasteiger partial charge in [0.1, 0.15) is 0 Å². The summed E-state index contributed by atoms with van der Waals surface area (Å²) in [4.78, 5) is 71.8. The number of diazo groups is 1. The van der Waals surface area contributed by atoms with Crippen molar-refractivity contribution in [2.75, 3.05) is 33.1 Å². The maximum Gasteiger partial charge on any atom is 0.428 e. The molecule has 0 saturated heterocycles. The van der Waals surface area contributed by atoms with Crippen LogP contribution in [0.3, 0.4) is 0 Å². The lowest BCUT2D eigenvalue weighted by Crippen LogP contribution is -2.74. The van der Waals surface area contributed by atoms with Gasteiger partial charge in [-0.15, -0.1) is 0 Å². The van der Waals surface area contributed by atoms with Crippen molar-refractivity contribution in [3.63, 3.8) is 0 Å². The second-order valence-corrected chi connectivity index (χ2v) is 9.90. The molecule has 35 heavy (non-hydrogen) atoms. The number of ketones is 4. The Morgan fingerprint density at radius 2 is 1.80 bits per heavy atom. The number of fused-ring (bicyclic) bond motifs is 3. The van der Waals surface area contributed by atoms with Gasteiger partial charge < -0.3 is 20.8 Å². The quantitative estimate of drug-likeness (QED) is 0.370. The predicted molar refractivity (Wildman–Crippen MR) is 120 cm³/mol. The molecule has 0 bridgehead atoms. The van der Waals surface area contributed by atoms with E-state index >= 15 is 0 Å². The van der Waals surface area contributed by atoms with Gasteiger partial charge in [-0.05, 0) is 38.4 Å². The van der Waals surface area contributed by atoms with Crippen LogP contribution in [0.25, 0.3) is 4.98 Å². The molecule has 12 heteroatoms. The van der Waals surface area contributed by atoms with Gasteiger partial charge in [-0.1, -0.05) is 0 Å². The van der Waals surface area contributed by atoms with Crippen LogP contribution in [-0.4, -0.2) is 84.0 Å². The molecule has 184 valence electrons. The van der Waals surface area contributed by atoms with E-state index in [-0.39, 0.29) is 24.1 Å². The molecule has 1 aromatic rings. The third-order valence-corrected chi connectivity index (χ3v) is 7.61. The number of carbonyl (C=O) groups is 5. The number of phenolic OH excluding ortho intramolecular Hbond substituents is 1. The first-order chi connectivity index (χ1) is 16.3. The molecule has 6 unspecified atom stereocenters. The molecule has 0 aliphatic heterocycles. The van der Waals surface area contributed by atoms with Crippen LogP contribution in [0.4, 0.5) is 11.4 Å². The monoisotopic (exact) mass is 484 g/mol. The number of benzene rings is 1. The second-order valence-electron chi connectivity index (χ2n) is 9.90. The Bertz CT molecular complexity index is 1250. The molecule has 4 N–H and O–H groups in total. The lowest BCUT2D eigenvalue weighted by Gasteiger charge is -2.52. The van der Waals surface area contributed by atoms with Crippen molar-refractivity contribution in [2.45, 2.75) is 24.5 Å². The van der Waals surface area contributed by atoms with Crippen molar-refractivity contribution >= 4 is 40.4 Å². The zero-order valence-electron chi connectivity index (χ0n) is 19.7. The van der Waals surface area contributed by atoms with Gasteiger partial charge in [-0.2, -0.15) is 0 Å². The van der Waals surface area contributed by atoms with E-state index in [9.17, 15) is 39.6 Å². The molecule has 12 nitrogen and oxygen atoms in total. The number of likely N-dealkylation sites (N-methyl/N-ethyl adjacent to an activating group) is 1. The molecule has 3 aliphatic carbocycles. The summed E-state index contributed by atoms with van der Waals surface area (Å²) in [7, 11) is 6.44. The third-order valence-electron chi connectivity index (χ3n) is 7.61. The topological polar surface area (TPSA) is 186 Å². The van der Waals surface area contributed by atoms with Crippen LogP contribution in [0.15, 0.2) is 6.07 Å². The fourth-order valence-electron chi connectivity index (χ4n) is 6.11. The molecular weight excluding hydrogens is 458 g/mol. The van der Waals surface area contributed by atoms with E-state index in [0.717, 1.165) is 0 Å². The van der Waals surface area contributed by atoms with Crippen LogP contribution in [0.2, 0.25) is 0 Å². The molecule has 2 fully saturated rings. The van der Waals surface area contributed by atoms with Gasteiger partial charge in [-0.3, -0.25) is 28.9 Å². The average molecular weight is 484 g/mol. The van der Waals surface area contributed by atoms with Crippen LogP contribution < -0.4 is 10.6 Å². The van der Waals surface area contributed by atoms with E-state index in [1.54, 1.807) is 19.0 Å². The summed E-state index contributed by atoms with van der Waals surface area (Å²) < 4.78 is 0.